The van der Waals surface area contributed by atoms with Crippen LogP contribution in [0.4, 0.5) is 48.1 Å². The molecule has 17 heteroatoms. The maximum absolute atomic E-state index is 12.3. The highest BCUT2D eigenvalue weighted by molar-refractivity contribution is 9.10. The number of carbonyl (C=O) groups excluding carboxylic acids is 2. The number of rotatable bonds is 8. The molecule has 3 saturated heterocycles. The molecule has 3 aliphatic rings. The van der Waals surface area contributed by atoms with E-state index in [9.17, 15) is 14.0 Å². The molecular formula is C56H59BBr2Cl2FN7O4. The minimum Gasteiger partial charge on any atom is -0.423 e. The van der Waals surface area contributed by atoms with E-state index < -0.39 is 13.1 Å². The van der Waals surface area contributed by atoms with Crippen LogP contribution >= 0.6 is 55.1 Å². The van der Waals surface area contributed by atoms with Crippen LogP contribution in [-0.2, 0) is 0 Å². The van der Waals surface area contributed by atoms with Crippen molar-refractivity contribution < 1.29 is 24.0 Å². The molecule has 7 aromatic rings. The lowest BCUT2D eigenvalue weighted by atomic mass is 9.80. The van der Waals surface area contributed by atoms with Crippen LogP contribution in [0.3, 0.4) is 0 Å². The molecule has 7 N–H and O–H groups in total. The molecule has 0 bridgehead atoms. The quantitative estimate of drug-likeness (QED) is 0.0752. The number of nitrogens with zero attached hydrogens (tertiary/aromatic N) is 2. The van der Waals surface area contributed by atoms with Crippen molar-refractivity contribution in [2.75, 3.05) is 70.3 Å². The number of carbonyl (C=O) groups is 2. The number of urea groups is 2. The summed E-state index contributed by atoms with van der Waals surface area (Å²) in [5.74, 6) is -0.209. The molecule has 0 spiro atoms. The van der Waals surface area contributed by atoms with Gasteiger partial charge in [-0.05, 0) is 190 Å². The van der Waals surface area contributed by atoms with E-state index in [1.54, 1.807) is 78.9 Å². The first kappa shape index (κ1) is 56.4. The molecule has 0 aromatic heterocycles. The summed E-state index contributed by atoms with van der Waals surface area (Å²) in [4.78, 5) is 28.9. The molecule has 3 heterocycles. The van der Waals surface area contributed by atoms with E-state index in [0.29, 0.717) is 32.6 Å². The van der Waals surface area contributed by atoms with Gasteiger partial charge in [-0.25, -0.2) is 14.0 Å². The molecular weight excluding hydrogens is 1100 g/mol. The fourth-order valence-electron chi connectivity index (χ4n) is 7.80. The maximum atomic E-state index is 12.3. The fraction of sp³-hybridized carbons (Fsp3) is 0.214. The number of benzene rings is 7. The molecule has 3 fully saturated rings. The number of hydrogen-bond acceptors (Lipinski definition) is 7. The zero-order chi connectivity index (χ0) is 51.8. The number of halogens is 5. The molecule has 4 amide bonds. The molecule has 11 nitrogen and oxygen atoms in total. The standard InChI is InChI=1S/C23H22ClN3O.C13H12BClN2O3.C10H12BrN.C6H4BrF.C4H9N/c24-19-9-11-20(12-10-19)25-23(28)26-21-7-3-5-17(15-21)18-6-4-8-22(16-18)27-13-1-2-14-27;15-10-4-6-11(7-5-10)16-13(18)17-12-3-1-2-9(8-12)14(19)20;11-9-4-3-5-10(8-9)12-6-1-2-7-12;7-5-2-1-3-6(8)4-5;1-2-4-5-3-1/h3-12,15-16H,1-2,13-14H2,(H2,25,26,28);1-8,19-20H,(H2,16,17,18);3-5,8H,1-2,6-7H2;1-4H;5H,1-4H2. The molecule has 73 heavy (non-hydrogen) atoms. The molecule has 380 valence electrons. The summed E-state index contributed by atoms with van der Waals surface area (Å²) in [7, 11) is -1.57. The van der Waals surface area contributed by atoms with Gasteiger partial charge in [0.15, 0.2) is 0 Å². The minimum absolute atomic E-state index is 0.209. The van der Waals surface area contributed by atoms with Gasteiger partial charge in [0.05, 0.1) is 0 Å². The lowest BCUT2D eigenvalue weighted by Gasteiger charge is -2.18. The second kappa shape index (κ2) is 30.3. The van der Waals surface area contributed by atoms with Crippen LogP contribution in [-0.4, -0.2) is 68.5 Å². The average Bonchev–Trinajstić information content (AvgIpc) is 4.24. The number of amides is 4. The van der Waals surface area contributed by atoms with E-state index >= 15 is 0 Å². The highest BCUT2D eigenvalue weighted by Gasteiger charge is 2.15. The fourth-order valence-corrected chi connectivity index (χ4v) is 8.81. The number of hydrogen-bond donors (Lipinski definition) is 7. The van der Waals surface area contributed by atoms with Crippen molar-refractivity contribution >= 4 is 114 Å². The smallest absolute Gasteiger partial charge is 0.423 e. The van der Waals surface area contributed by atoms with Crippen LogP contribution in [0.15, 0.2) is 179 Å². The molecule has 0 saturated carbocycles. The Bertz CT molecular complexity index is 2780. The maximum Gasteiger partial charge on any atom is 0.488 e. The lowest BCUT2D eigenvalue weighted by molar-refractivity contribution is 0.261. The first-order chi connectivity index (χ1) is 35.4. The largest absolute Gasteiger partial charge is 0.488 e. The Labute approximate surface area is 454 Å². The zero-order valence-corrected chi connectivity index (χ0v) is 44.9. The van der Waals surface area contributed by atoms with Crippen LogP contribution in [0.25, 0.3) is 11.1 Å². The second-order valence-corrected chi connectivity index (χ2v) is 19.8. The summed E-state index contributed by atoms with van der Waals surface area (Å²) in [5, 5.41) is 33.5. The van der Waals surface area contributed by atoms with E-state index in [1.165, 1.54) is 98.8 Å². The summed E-state index contributed by atoms with van der Waals surface area (Å²) >= 11 is 18.2. The van der Waals surface area contributed by atoms with Gasteiger partial charge in [0.1, 0.15) is 5.82 Å². The van der Waals surface area contributed by atoms with E-state index in [2.05, 4.69) is 123 Å². The highest BCUT2D eigenvalue weighted by atomic mass is 79.9. The van der Waals surface area contributed by atoms with Gasteiger partial charge in [0.25, 0.3) is 0 Å². The van der Waals surface area contributed by atoms with Crippen LogP contribution in [0.5, 0.6) is 0 Å². The van der Waals surface area contributed by atoms with Gasteiger partial charge in [-0.15, -0.1) is 0 Å². The number of anilines is 6. The van der Waals surface area contributed by atoms with Crippen molar-refractivity contribution in [3.05, 3.63) is 195 Å². The summed E-state index contributed by atoms with van der Waals surface area (Å²) in [6, 6.07) is 50.5. The Morgan fingerprint density at radius 1 is 0.493 bits per heavy atom. The second-order valence-electron chi connectivity index (χ2n) is 17.1. The van der Waals surface area contributed by atoms with Gasteiger partial charge in [-0.3, -0.25) is 0 Å². The first-order valence-electron chi connectivity index (χ1n) is 24.1. The van der Waals surface area contributed by atoms with Gasteiger partial charge in [-0.1, -0.05) is 104 Å². The molecule has 0 atom stereocenters. The van der Waals surface area contributed by atoms with Crippen LogP contribution in [0, 0.1) is 5.82 Å². The van der Waals surface area contributed by atoms with Gasteiger partial charge in [0, 0.05) is 79.3 Å². The topological polar surface area (TPSA) is 141 Å². The van der Waals surface area contributed by atoms with Gasteiger partial charge >= 0.3 is 19.2 Å². The average molecular weight is 1150 g/mol. The predicted molar refractivity (Wildman–Crippen MR) is 310 cm³/mol. The Morgan fingerprint density at radius 2 is 0.918 bits per heavy atom. The van der Waals surface area contributed by atoms with Crippen molar-refractivity contribution in [2.24, 2.45) is 0 Å². The Morgan fingerprint density at radius 3 is 1.37 bits per heavy atom. The Hall–Kier alpha value is -5.91. The van der Waals surface area contributed by atoms with E-state index in [1.807, 2.05) is 18.2 Å². The van der Waals surface area contributed by atoms with Crippen molar-refractivity contribution in [2.45, 2.75) is 38.5 Å². The van der Waals surface area contributed by atoms with Crippen LogP contribution in [0.1, 0.15) is 38.5 Å². The molecule has 0 aliphatic carbocycles. The van der Waals surface area contributed by atoms with E-state index in [-0.39, 0.29) is 11.8 Å². The van der Waals surface area contributed by atoms with Gasteiger partial charge in [-0.2, -0.15) is 0 Å². The molecule has 7 aromatic carbocycles. The normalized spacial score (nSPS) is 13.3. The zero-order valence-electron chi connectivity index (χ0n) is 40.2. The highest BCUT2D eigenvalue weighted by Crippen LogP contribution is 2.29. The summed E-state index contributed by atoms with van der Waals surface area (Å²) in [6.45, 7) is 7.18. The van der Waals surface area contributed by atoms with E-state index in [4.69, 9.17) is 33.2 Å². The van der Waals surface area contributed by atoms with Crippen molar-refractivity contribution in [3.8, 4) is 11.1 Å². The SMILES string of the molecule is Brc1cccc(N2CCCC2)c1.C1CCNC1.Fc1cccc(Br)c1.O=C(Nc1ccc(Cl)cc1)Nc1cccc(-c2cccc(N3CCCC3)c2)c1.O=C(Nc1ccc(Cl)cc1)Nc1cccc(B(O)O)c1. The van der Waals surface area contributed by atoms with E-state index in [0.717, 1.165) is 34.4 Å². The summed E-state index contributed by atoms with van der Waals surface area (Å²) in [5.41, 5.74) is 7.63. The van der Waals surface area contributed by atoms with Crippen molar-refractivity contribution in [1.29, 1.82) is 0 Å². The third-order valence-corrected chi connectivity index (χ3v) is 12.9. The van der Waals surface area contributed by atoms with Crippen LogP contribution in [0.2, 0.25) is 10.0 Å². The Kier molecular flexibility index (Phi) is 23.4. The Balaban J connectivity index is 0.000000167. The number of nitrogens with one attached hydrogen (secondary N) is 5. The molecule has 10 rings (SSSR count). The van der Waals surface area contributed by atoms with Crippen LogP contribution < -0.4 is 41.8 Å². The predicted octanol–water partition coefficient (Wildman–Crippen LogP) is 13.9. The monoisotopic (exact) mass is 1150 g/mol. The molecule has 0 unspecified atom stereocenters. The lowest BCUT2D eigenvalue weighted by Crippen LogP contribution is -2.30. The third kappa shape index (κ3) is 20.5. The van der Waals surface area contributed by atoms with Gasteiger partial charge in [0.2, 0.25) is 0 Å². The summed E-state index contributed by atoms with van der Waals surface area (Å²) in [6.07, 6.45) is 7.97. The molecule has 3 aliphatic heterocycles. The van der Waals surface area contributed by atoms with Gasteiger partial charge < -0.3 is 46.4 Å². The van der Waals surface area contributed by atoms with Crippen molar-refractivity contribution in [1.82, 2.24) is 5.32 Å². The first-order valence-corrected chi connectivity index (χ1v) is 26.4. The summed E-state index contributed by atoms with van der Waals surface area (Å²) < 4.78 is 14.1. The van der Waals surface area contributed by atoms with Crippen molar-refractivity contribution in [3.63, 3.8) is 0 Å². The molecule has 0 radical (unpaired) electrons. The third-order valence-electron chi connectivity index (χ3n) is 11.4. The minimum atomic E-state index is -1.57.